The number of hydrogen-bond donors (Lipinski definition) is 1. The number of rotatable bonds is 5. The third kappa shape index (κ3) is 4.08. The number of nitrogens with one attached hydrogen (secondary N) is 1. The van der Waals surface area contributed by atoms with E-state index in [0.717, 1.165) is 5.01 Å². The Morgan fingerprint density at radius 3 is 2.90 bits per heavy atom. The van der Waals surface area contributed by atoms with Crippen molar-refractivity contribution in [3.8, 4) is 0 Å². The Morgan fingerprint density at radius 2 is 2.24 bits per heavy atom. The van der Waals surface area contributed by atoms with Crippen molar-refractivity contribution in [1.82, 2.24) is 24.8 Å². The maximum absolute atomic E-state index is 11.8. The Hall–Kier alpha value is -1.80. The highest BCUT2D eigenvalue weighted by Gasteiger charge is 2.12. The molecule has 2 rings (SSSR count). The van der Waals surface area contributed by atoms with Crippen LogP contribution in [-0.4, -0.2) is 45.0 Å². The molecule has 0 aromatic carbocycles. The van der Waals surface area contributed by atoms with Crippen molar-refractivity contribution in [3.63, 3.8) is 0 Å². The Bertz CT molecular complexity index is 706. The van der Waals surface area contributed by atoms with Gasteiger partial charge in [-0.3, -0.25) is 14.5 Å². The van der Waals surface area contributed by atoms with Crippen LogP contribution in [-0.2, 0) is 11.3 Å². The number of fused-ring (bicyclic) bond motifs is 1. The molecule has 2 aromatic heterocycles. The van der Waals surface area contributed by atoms with Gasteiger partial charge in [-0.15, -0.1) is 0 Å². The van der Waals surface area contributed by atoms with Crippen LogP contribution in [0.15, 0.2) is 10.9 Å². The fourth-order valence-electron chi connectivity index (χ4n) is 1.92. The normalized spacial score (nSPS) is 11.5. The minimum absolute atomic E-state index is 0.0280. The van der Waals surface area contributed by atoms with E-state index in [4.69, 9.17) is 0 Å². The van der Waals surface area contributed by atoms with E-state index in [1.165, 1.54) is 21.9 Å². The summed E-state index contributed by atoms with van der Waals surface area (Å²) in [6, 6.07) is 1.58. The van der Waals surface area contributed by atoms with Gasteiger partial charge in [0.05, 0.1) is 13.1 Å². The van der Waals surface area contributed by atoms with E-state index in [2.05, 4.69) is 15.4 Å². The smallest absolute Gasteiger partial charge is 0.275 e. The second kappa shape index (κ2) is 6.31. The summed E-state index contributed by atoms with van der Waals surface area (Å²) >= 11 is 1.36. The summed E-state index contributed by atoms with van der Waals surface area (Å²) in [5.74, 6) is -0.0280. The van der Waals surface area contributed by atoms with Crippen LogP contribution in [0, 0.1) is 6.92 Å². The lowest BCUT2D eigenvalue weighted by atomic mass is 10.4. The van der Waals surface area contributed by atoms with Crippen LogP contribution in [0.25, 0.3) is 4.96 Å². The van der Waals surface area contributed by atoms with E-state index in [1.54, 1.807) is 6.92 Å². The first-order valence-electron chi connectivity index (χ1n) is 6.69. The third-order valence-electron chi connectivity index (χ3n) is 2.68. The van der Waals surface area contributed by atoms with Gasteiger partial charge >= 0.3 is 0 Å². The zero-order valence-corrected chi connectivity index (χ0v) is 13.4. The van der Waals surface area contributed by atoms with E-state index in [9.17, 15) is 9.59 Å². The van der Waals surface area contributed by atoms with Crippen molar-refractivity contribution in [3.05, 3.63) is 27.1 Å². The Kier molecular flexibility index (Phi) is 4.69. The van der Waals surface area contributed by atoms with Crippen molar-refractivity contribution in [2.24, 2.45) is 0 Å². The second-order valence-corrected chi connectivity index (χ2v) is 6.36. The predicted molar refractivity (Wildman–Crippen MR) is 81.5 cm³/mol. The van der Waals surface area contributed by atoms with Crippen LogP contribution >= 0.6 is 11.3 Å². The number of likely N-dealkylation sites (N-methyl/N-ethyl adjacent to an activating group) is 1. The molecule has 7 nitrogen and oxygen atoms in total. The van der Waals surface area contributed by atoms with Crippen molar-refractivity contribution in [1.29, 1.82) is 0 Å². The minimum Gasteiger partial charge on any atom is -0.353 e. The summed E-state index contributed by atoms with van der Waals surface area (Å²) in [5.41, 5.74) is 0.500. The zero-order valence-electron chi connectivity index (χ0n) is 12.6. The van der Waals surface area contributed by atoms with Crippen molar-refractivity contribution in [2.75, 3.05) is 13.6 Å². The second-order valence-electron chi connectivity index (χ2n) is 5.32. The highest BCUT2D eigenvalue weighted by atomic mass is 32.1. The van der Waals surface area contributed by atoms with Crippen molar-refractivity contribution in [2.45, 2.75) is 33.4 Å². The first-order chi connectivity index (χ1) is 9.85. The molecule has 0 saturated carbocycles. The highest BCUT2D eigenvalue weighted by Crippen LogP contribution is 2.12. The number of hydrogen-bond acceptors (Lipinski definition) is 6. The molecule has 0 unspecified atom stereocenters. The van der Waals surface area contributed by atoms with Crippen molar-refractivity contribution >= 4 is 22.2 Å². The number of nitrogens with zero attached hydrogens (tertiary/aromatic N) is 4. The van der Waals surface area contributed by atoms with Crippen LogP contribution in [0.4, 0.5) is 0 Å². The number of aryl methyl sites for hydroxylation is 1. The van der Waals surface area contributed by atoms with Gasteiger partial charge in [0.15, 0.2) is 0 Å². The molecular formula is C13H19N5O2S. The topological polar surface area (TPSA) is 79.6 Å². The van der Waals surface area contributed by atoms with Crippen LogP contribution in [0.3, 0.4) is 0 Å². The fraction of sp³-hybridized carbons (Fsp3) is 0.538. The Balaban J connectivity index is 2.08. The monoisotopic (exact) mass is 309 g/mol. The molecule has 0 spiro atoms. The lowest BCUT2D eigenvalue weighted by molar-refractivity contribution is -0.122. The third-order valence-corrected chi connectivity index (χ3v) is 3.58. The molecule has 0 atom stereocenters. The fourth-order valence-corrected chi connectivity index (χ4v) is 2.95. The van der Waals surface area contributed by atoms with Gasteiger partial charge in [-0.1, -0.05) is 11.3 Å². The Morgan fingerprint density at radius 1 is 1.52 bits per heavy atom. The molecule has 8 heteroatoms. The molecule has 0 bridgehead atoms. The molecule has 0 fully saturated rings. The van der Waals surface area contributed by atoms with Gasteiger partial charge in [-0.05, 0) is 27.8 Å². The molecule has 1 N–H and O–H groups in total. The standard InChI is InChI=1S/C13H19N5O2S/c1-8(2)14-10(19)6-17(4)7-11-16-18-12(20)5-9(3)15-13(18)21-11/h5,8H,6-7H2,1-4H3,(H,14,19). The van der Waals surface area contributed by atoms with Crippen LogP contribution in [0.5, 0.6) is 0 Å². The molecule has 114 valence electrons. The quantitative estimate of drug-likeness (QED) is 0.865. The van der Waals surface area contributed by atoms with Gasteiger partial charge in [-0.25, -0.2) is 4.98 Å². The van der Waals surface area contributed by atoms with Crippen LogP contribution in [0.1, 0.15) is 24.5 Å². The largest absolute Gasteiger partial charge is 0.353 e. The molecule has 0 radical (unpaired) electrons. The molecule has 0 aliphatic carbocycles. The molecule has 0 saturated heterocycles. The highest BCUT2D eigenvalue weighted by molar-refractivity contribution is 7.16. The van der Waals surface area contributed by atoms with Gasteiger partial charge in [0.2, 0.25) is 10.9 Å². The van der Waals surface area contributed by atoms with Gasteiger partial charge in [0.1, 0.15) is 5.01 Å². The zero-order chi connectivity index (χ0) is 15.6. The first kappa shape index (κ1) is 15.6. The van der Waals surface area contributed by atoms with E-state index in [0.29, 0.717) is 17.2 Å². The van der Waals surface area contributed by atoms with Gasteiger partial charge < -0.3 is 5.32 Å². The number of amides is 1. The number of aromatic nitrogens is 3. The predicted octanol–water partition coefficient (Wildman–Crippen LogP) is 0.416. The first-order valence-corrected chi connectivity index (χ1v) is 7.51. The lowest BCUT2D eigenvalue weighted by Crippen LogP contribution is -2.38. The summed E-state index contributed by atoms with van der Waals surface area (Å²) in [6.45, 7) is 6.41. The van der Waals surface area contributed by atoms with Crippen LogP contribution < -0.4 is 10.9 Å². The van der Waals surface area contributed by atoms with Crippen LogP contribution in [0.2, 0.25) is 0 Å². The number of carbonyl (C=O) groups is 1. The maximum Gasteiger partial charge on any atom is 0.275 e. The van der Waals surface area contributed by atoms with E-state index < -0.39 is 0 Å². The summed E-state index contributed by atoms with van der Waals surface area (Å²) < 4.78 is 1.30. The summed E-state index contributed by atoms with van der Waals surface area (Å²) in [6.07, 6.45) is 0. The molecule has 2 aromatic rings. The van der Waals surface area contributed by atoms with E-state index in [-0.39, 0.29) is 24.1 Å². The summed E-state index contributed by atoms with van der Waals surface area (Å²) in [7, 11) is 1.84. The average Bonchev–Trinajstić information content (AvgIpc) is 2.69. The van der Waals surface area contributed by atoms with E-state index >= 15 is 0 Å². The Labute approximate surface area is 126 Å². The summed E-state index contributed by atoms with van der Waals surface area (Å²) in [5, 5.41) is 7.84. The molecule has 0 aliphatic heterocycles. The molecule has 2 heterocycles. The average molecular weight is 309 g/mol. The van der Waals surface area contributed by atoms with Crippen molar-refractivity contribution < 1.29 is 4.79 Å². The van der Waals surface area contributed by atoms with Gasteiger partial charge in [0, 0.05) is 17.8 Å². The minimum atomic E-state index is -0.180. The van der Waals surface area contributed by atoms with Gasteiger partial charge in [-0.2, -0.15) is 9.61 Å². The van der Waals surface area contributed by atoms with Gasteiger partial charge in [0.25, 0.3) is 5.56 Å². The molecule has 1 amide bonds. The lowest BCUT2D eigenvalue weighted by Gasteiger charge is -2.15. The molecule has 0 aliphatic rings. The van der Waals surface area contributed by atoms with E-state index in [1.807, 2.05) is 25.8 Å². The summed E-state index contributed by atoms with van der Waals surface area (Å²) in [4.78, 5) is 30.2. The maximum atomic E-state index is 11.8. The molecule has 21 heavy (non-hydrogen) atoms. The molecular weight excluding hydrogens is 290 g/mol. The number of carbonyl (C=O) groups excluding carboxylic acids is 1. The SMILES string of the molecule is Cc1cc(=O)n2nc(CN(C)CC(=O)NC(C)C)sc2n1.